The first-order valence-corrected chi connectivity index (χ1v) is 9.50. The van der Waals surface area contributed by atoms with Crippen LogP contribution >= 0.6 is 0 Å². The van der Waals surface area contributed by atoms with Crippen molar-refractivity contribution < 1.29 is 23.4 Å². The van der Waals surface area contributed by atoms with E-state index < -0.39 is 11.7 Å². The van der Waals surface area contributed by atoms with Crippen LogP contribution in [0, 0.1) is 12.7 Å². The third-order valence-corrected chi connectivity index (χ3v) is 4.96. The smallest absolute Gasteiger partial charge is 0.256 e. The maximum Gasteiger partial charge on any atom is 0.256 e. The molecule has 0 bridgehead atoms. The number of hydrogen-bond acceptors (Lipinski definition) is 6. The lowest BCUT2D eigenvalue weighted by atomic mass is 9.95. The number of benzene rings is 1. The molecule has 0 radical (unpaired) electrons. The van der Waals surface area contributed by atoms with Gasteiger partial charge < -0.3 is 19.5 Å². The van der Waals surface area contributed by atoms with Crippen molar-refractivity contribution in [2.24, 2.45) is 0 Å². The van der Waals surface area contributed by atoms with Crippen molar-refractivity contribution in [3.63, 3.8) is 0 Å². The van der Waals surface area contributed by atoms with E-state index in [0.717, 1.165) is 5.56 Å². The molecule has 0 fully saturated rings. The molecule has 1 N–H and O–H groups in total. The number of hydrogen-bond donors (Lipinski definition) is 1. The summed E-state index contributed by atoms with van der Waals surface area (Å²) in [5.41, 5.74) is 2.84. The Morgan fingerprint density at radius 2 is 2.26 bits per heavy atom. The number of halogens is 1. The number of nitrogens with one attached hydrogen (secondary N) is 1. The number of rotatable bonds is 4. The van der Waals surface area contributed by atoms with E-state index in [1.54, 1.807) is 28.9 Å². The maximum absolute atomic E-state index is 14.7. The largest absolute Gasteiger partial charge is 0.475 e. The van der Waals surface area contributed by atoms with Gasteiger partial charge in [0, 0.05) is 29.1 Å². The van der Waals surface area contributed by atoms with Crippen LogP contribution in [-0.2, 0) is 14.3 Å². The molecule has 8 nitrogen and oxygen atoms in total. The van der Waals surface area contributed by atoms with Gasteiger partial charge in [0.05, 0.1) is 6.26 Å². The third kappa shape index (κ3) is 3.55. The van der Waals surface area contributed by atoms with Gasteiger partial charge in [0.15, 0.2) is 18.4 Å². The molecular formula is C22H17FN4O4. The van der Waals surface area contributed by atoms with Crippen molar-refractivity contribution in [2.75, 3.05) is 12.1 Å². The van der Waals surface area contributed by atoms with Gasteiger partial charge in [-0.05, 0) is 36.8 Å². The zero-order chi connectivity index (χ0) is 21.4. The fourth-order valence-corrected chi connectivity index (χ4v) is 3.44. The SMILES string of the molecule is Cc1ccn2ncnc(Oc3ccc(NC(=O)C4=CC=CC5OCOC=C45)cc3F)c12. The number of allylic oxidation sites excluding steroid dienone is 2. The van der Waals surface area contributed by atoms with E-state index in [2.05, 4.69) is 15.4 Å². The molecule has 1 aliphatic carbocycles. The standard InChI is InChI=1S/C22H17FN4O4/c1-13-7-8-27-20(13)22(24-11-25-27)31-19-6-5-14(9-17(19)23)26-21(28)15-3-2-4-18-16(15)10-29-12-30-18/h2-11,18H,12H2,1H3,(H,26,28). The van der Waals surface area contributed by atoms with Gasteiger partial charge in [-0.15, -0.1) is 0 Å². The summed E-state index contributed by atoms with van der Waals surface area (Å²) < 4.78 is 32.6. The highest BCUT2D eigenvalue weighted by Crippen LogP contribution is 2.30. The number of anilines is 1. The molecule has 1 aliphatic heterocycles. The van der Waals surface area contributed by atoms with E-state index in [9.17, 15) is 9.18 Å². The number of amides is 1. The minimum Gasteiger partial charge on any atom is -0.475 e. The van der Waals surface area contributed by atoms with Gasteiger partial charge >= 0.3 is 0 Å². The number of aromatic nitrogens is 3. The third-order valence-electron chi connectivity index (χ3n) is 4.96. The molecule has 31 heavy (non-hydrogen) atoms. The van der Waals surface area contributed by atoms with E-state index in [1.165, 1.54) is 24.7 Å². The predicted molar refractivity (Wildman–Crippen MR) is 109 cm³/mol. The van der Waals surface area contributed by atoms with E-state index in [0.29, 0.717) is 16.7 Å². The number of fused-ring (bicyclic) bond motifs is 2. The average Bonchev–Trinajstić information content (AvgIpc) is 3.17. The molecule has 0 spiro atoms. The Morgan fingerprint density at radius 1 is 1.35 bits per heavy atom. The molecule has 9 heteroatoms. The van der Waals surface area contributed by atoms with Gasteiger partial charge in [-0.3, -0.25) is 4.79 Å². The first-order valence-electron chi connectivity index (χ1n) is 9.50. The zero-order valence-electron chi connectivity index (χ0n) is 16.4. The highest BCUT2D eigenvalue weighted by atomic mass is 19.1. The van der Waals surface area contributed by atoms with Gasteiger partial charge in [-0.2, -0.15) is 10.1 Å². The number of aryl methyl sites for hydroxylation is 1. The number of carbonyl (C=O) groups excluding carboxylic acids is 1. The van der Waals surface area contributed by atoms with Gasteiger partial charge in [0.25, 0.3) is 5.91 Å². The average molecular weight is 420 g/mol. The second-order valence-corrected chi connectivity index (χ2v) is 6.97. The van der Waals surface area contributed by atoms with E-state index in [4.69, 9.17) is 14.2 Å². The Balaban J connectivity index is 1.35. The van der Waals surface area contributed by atoms with Crippen molar-refractivity contribution in [2.45, 2.75) is 13.0 Å². The van der Waals surface area contributed by atoms with Crippen LogP contribution in [0.4, 0.5) is 10.1 Å². The number of ether oxygens (including phenoxy) is 3. The summed E-state index contributed by atoms with van der Waals surface area (Å²) in [6.07, 6.45) is 9.50. The number of nitrogens with zero attached hydrogens (tertiary/aromatic N) is 3. The molecule has 1 amide bonds. The molecular weight excluding hydrogens is 403 g/mol. The van der Waals surface area contributed by atoms with Crippen molar-refractivity contribution in [1.82, 2.24) is 14.6 Å². The van der Waals surface area contributed by atoms with Crippen molar-refractivity contribution >= 4 is 17.1 Å². The van der Waals surface area contributed by atoms with Crippen LogP contribution in [0.15, 0.2) is 72.4 Å². The summed E-state index contributed by atoms with van der Waals surface area (Å²) in [7, 11) is 0. The predicted octanol–water partition coefficient (Wildman–Crippen LogP) is 3.66. The van der Waals surface area contributed by atoms with E-state index >= 15 is 0 Å². The molecule has 5 rings (SSSR count). The first-order chi connectivity index (χ1) is 15.1. The molecule has 1 atom stereocenters. The number of carbonyl (C=O) groups is 1. The van der Waals surface area contributed by atoms with Gasteiger partial charge in [-0.1, -0.05) is 12.2 Å². The lowest BCUT2D eigenvalue weighted by molar-refractivity contribution is -0.113. The fourth-order valence-electron chi connectivity index (χ4n) is 3.44. The second-order valence-electron chi connectivity index (χ2n) is 6.97. The normalized spacial score (nSPS) is 17.4. The van der Waals surface area contributed by atoms with Crippen molar-refractivity contribution in [3.8, 4) is 11.6 Å². The van der Waals surface area contributed by atoms with Crippen LogP contribution in [-0.4, -0.2) is 33.4 Å². The summed E-state index contributed by atoms with van der Waals surface area (Å²) in [6.45, 7) is 2.01. The van der Waals surface area contributed by atoms with Crippen LogP contribution < -0.4 is 10.1 Å². The molecule has 0 saturated carbocycles. The minimum atomic E-state index is -0.641. The van der Waals surface area contributed by atoms with Crippen LogP contribution in [0.1, 0.15) is 5.56 Å². The lowest BCUT2D eigenvalue weighted by Gasteiger charge is -2.25. The molecule has 2 aromatic heterocycles. The Hall–Kier alpha value is -3.98. The molecule has 3 heterocycles. The first kappa shape index (κ1) is 19.0. The molecule has 2 aliphatic rings. The highest BCUT2D eigenvalue weighted by molar-refractivity contribution is 6.07. The Bertz CT molecular complexity index is 1280. The van der Waals surface area contributed by atoms with Gasteiger partial charge in [0.2, 0.25) is 5.88 Å². The quantitative estimate of drug-likeness (QED) is 0.693. The Kier molecular flexibility index (Phi) is 4.72. The van der Waals surface area contributed by atoms with E-state index in [1.807, 2.05) is 19.1 Å². The van der Waals surface area contributed by atoms with Crippen LogP contribution in [0.2, 0.25) is 0 Å². The zero-order valence-corrected chi connectivity index (χ0v) is 16.4. The van der Waals surface area contributed by atoms with Crippen LogP contribution in [0.25, 0.3) is 5.52 Å². The van der Waals surface area contributed by atoms with Crippen LogP contribution in [0.5, 0.6) is 11.6 Å². The summed E-state index contributed by atoms with van der Waals surface area (Å²) in [4.78, 5) is 16.8. The monoisotopic (exact) mass is 420 g/mol. The summed E-state index contributed by atoms with van der Waals surface area (Å²) in [5, 5.41) is 6.79. The molecule has 156 valence electrons. The lowest BCUT2D eigenvalue weighted by Crippen LogP contribution is -2.27. The van der Waals surface area contributed by atoms with E-state index in [-0.39, 0.29) is 30.2 Å². The maximum atomic E-state index is 14.7. The van der Waals surface area contributed by atoms with Crippen molar-refractivity contribution in [1.29, 1.82) is 0 Å². The minimum absolute atomic E-state index is 0.0177. The second kappa shape index (κ2) is 7.69. The molecule has 1 unspecified atom stereocenters. The Morgan fingerprint density at radius 3 is 3.13 bits per heavy atom. The topological polar surface area (TPSA) is 87.0 Å². The summed E-state index contributed by atoms with van der Waals surface area (Å²) in [5.74, 6) is -0.819. The summed E-state index contributed by atoms with van der Waals surface area (Å²) in [6, 6.07) is 6.05. The van der Waals surface area contributed by atoms with Gasteiger partial charge in [0.1, 0.15) is 17.9 Å². The molecule has 3 aromatic rings. The Labute approximate surface area is 176 Å². The highest BCUT2D eigenvalue weighted by Gasteiger charge is 2.27. The van der Waals surface area contributed by atoms with Crippen molar-refractivity contribution in [3.05, 3.63) is 83.8 Å². The van der Waals surface area contributed by atoms with Crippen LogP contribution in [0.3, 0.4) is 0 Å². The molecule has 0 saturated heterocycles. The summed E-state index contributed by atoms with van der Waals surface area (Å²) >= 11 is 0. The molecule has 1 aromatic carbocycles. The van der Waals surface area contributed by atoms with Gasteiger partial charge in [-0.25, -0.2) is 8.91 Å². The fraction of sp³-hybridized carbons (Fsp3) is 0.136.